The van der Waals surface area contributed by atoms with Crippen molar-refractivity contribution in [2.24, 2.45) is 4.99 Å². The fourth-order valence-corrected chi connectivity index (χ4v) is 4.26. The first kappa shape index (κ1) is 22.2. The lowest BCUT2D eigenvalue weighted by atomic mass is 9.95. The molecule has 33 heavy (non-hydrogen) atoms. The highest BCUT2D eigenvalue weighted by Gasteiger charge is 2.29. The van der Waals surface area contributed by atoms with Crippen molar-refractivity contribution in [3.8, 4) is 18.0 Å². The van der Waals surface area contributed by atoms with E-state index in [9.17, 15) is 5.26 Å². The van der Waals surface area contributed by atoms with Crippen molar-refractivity contribution in [2.75, 3.05) is 43.0 Å². The zero-order valence-electron chi connectivity index (χ0n) is 18.3. The van der Waals surface area contributed by atoms with Crippen LogP contribution in [0.4, 0.5) is 17.3 Å². The number of benzene rings is 1. The number of aliphatic imine (C=N–C) groups is 1. The fourth-order valence-electron chi connectivity index (χ4n) is 4.26. The average molecular weight is 446 g/mol. The van der Waals surface area contributed by atoms with Gasteiger partial charge in [-0.05, 0) is 50.0 Å². The van der Waals surface area contributed by atoms with Gasteiger partial charge in [-0.1, -0.05) is 18.6 Å². The number of piperidine rings is 1. The highest BCUT2D eigenvalue weighted by Crippen LogP contribution is 2.41. The number of hydrogen-bond acceptors (Lipinski definition) is 10. The lowest BCUT2D eigenvalue weighted by molar-refractivity contribution is 0.205. The maximum atomic E-state index is 9.47. The largest absolute Gasteiger partial charge is 0.494 e. The van der Waals surface area contributed by atoms with E-state index >= 15 is 0 Å². The Hall–Kier alpha value is -4.02. The molecule has 3 heterocycles. The first-order chi connectivity index (χ1) is 16.1. The molecule has 0 bridgehead atoms. The lowest BCUT2D eigenvalue weighted by Gasteiger charge is -2.26. The quantitative estimate of drug-likeness (QED) is 0.297. The molecule has 0 spiro atoms. The number of likely N-dealkylation sites (tertiary alicyclic amines) is 1. The number of nitrogen functional groups attached to an aromatic ring is 2. The summed E-state index contributed by atoms with van der Waals surface area (Å²) in [6.45, 7) is 4.00. The van der Waals surface area contributed by atoms with E-state index in [0.717, 1.165) is 24.3 Å². The van der Waals surface area contributed by atoms with E-state index < -0.39 is 6.04 Å². The number of ether oxygens (including phenoxy) is 1. The highest BCUT2D eigenvalue weighted by molar-refractivity contribution is 5.98. The van der Waals surface area contributed by atoms with Gasteiger partial charge in [-0.2, -0.15) is 10.5 Å². The maximum Gasteiger partial charge on any atom is 0.211 e. The first-order valence-electron chi connectivity index (χ1n) is 11.0. The number of hydrogen-bond donors (Lipinski definition) is 4. The average Bonchev–Trinajstić information content (AvgIpc) is 2.82. The van der Waals surface area contributed by atoms with E-state index in [1.54, 1.807) is 0 Å². The number of nitrogens with two attached hydrogens (primary N) is 2. The number of nitriles is 2. The molecule has 6 N–H and O–H groups in total. The second-order valence-corrected chi connectivity index (χ2v) is 8.08. The molecule has 0 aliphatic carbocycles. The summed E-state index contributed by atoms with van der Waals surface area (Å²) < 4.78 is 6.01. The van der Waals surface area contributed by atoms with Crippen molar-refractivity contribution in [3.63, 3.8) is 0 Å². The predicted octanol–water partition coefficient (Wildman–Crippen LogP) is 2.31. The van der Waals surface area contributed by atoms with Crippen LogP contribution >= 0.6 is 0 Å². The molecule has 0 amide bonds. The van der Waals surface area contributed by atoms with Crippen molar-refractivity contribution in [1.29, 1.82) is 10.5 Å². The van der Waals surface area contributed by atoms with E-state index in [1.165, 1.54) is 32.4 Å². The van der Waals surface area contributed by atoms with Gasteiger partial charge in [0.1, 0.15) is 35.1 Å². The third-order valence-electron chi connectivity index (χ3n) is 5.87. The fraction of sp³-hybridized carbons (Fsp3) is 0.391. The molecule has 2 aliphatic heterocycles. The second kappa shape index (κ2) is 10.1. The van der Waals surface area contributed by atoms with Gasteiger partial charge in [-0.15, -0.1) is 0 Å². The first-order valence-corrected chi connectivity index (χ1v) is 11.0. The maximum absolute atomic E-state index is 9.47. The Morgan fingerprint density at radius 3 is 2.79 bits per heavy atom. The molecule has 10 nitrogen and oxygen atoms in total. The van der Waals surface area contributed by atoms with Crippen LogP contribution in [-0.2, 0) is 0 Å². The van der Waals surface area contributed by atoms with Gasteiger partial charge in [0.25, 0.3) is 0 Å². The minimum Gasteiger partial charge on any atom is -0.494 e. The molecule has 2 aromatic rings. The van der Waals surface area contributed by atoms with Crippen molar-refractivity contribution < 1.29 is 4.74 Å². The Morgan fingerprint density at radius 1 is 1.21 bits per heavy atom. The third-order valence-corrected chi connectivity index (χ3v) is 5.87. The van der Waals surface area contributed by atoms with Crippen molar-refractivity contribution >= 4 is 23.3 Å². The number of guanidine groups is 1. The van der Waals surface area contributed by atoms with Crippen LogP contribution in [0.3, 0.4) is 0 Å². The molecule has 2 aliphatic rings. The van der Waals surface area contributed by atoms with Gasteiger partial charge in [-0.25, -0.2) is 9.98 Å². The molecule has 1 unspecified atom stereocenters. The van der Waals surface area contributed by atoms with E-state index in [4.69, 9.17) is 21.5 Å². The van der Waals surface area contributed by atoms with E-state index in [0.29, 0.717) is 18.0 Å². The van der Waals surface area contributed by atoms with Gasteiger partial charge in [0.2, 0.25) is 5.96 Å². The number of rotatable bonds is 6. The van der Waals surface area contributed by atoms with Crippen LogP contribution < -0.4 is 26.8 Å². The van der Waals surface area contributed by atoms with Crippen LogP contribution in [-0.4, -0.2) is 42.1 Å². The summed E-state index contributed by atoms with van der Waals surface area (Å²) in [5.74, 6) is 1.32. The number of nitrogens with one attached hydrogen (secondary N) is 2. The molecule has 1 aromatic carbocycles. The van der Waals surface area contributed by atoms with Crippen LogP contribution in [0, 0.1) is 22.8 Å². The molecular formula is C23H27N9O. The Balaban J connectivity index is 1.55. The Kier molecular flexibility index (Phi) is 6.77. The molecule has 4 rings (SSSR count). The number of nitrogens with zero attached hydrogens (tertiary/aromatic N) is 5. The Bertz CT molecular complexity index is 1130. The van der Waals surface area contributed by atoms with Gasteiger partial charge < -0.3 is 26.4 Å². The molecule has 0 radical (unpaired) electrons. The number of pyridine rings is 1. The number of aromatic nitrogens is 1. The predicted molar refractivity (Wildman–Crippen MR) is 126 cm³/mol. The summed E-state index contributed by atoms with van der Waals surface area (Å²) >= 11 is 0. The molecule has 0 saturated carbocycles. The van der Waals surface area contributed by atoms with E-state index in [1.807, 2.05) is 36.5 Å². The summed E-state index contributed by atoms with van der Waals surface area (Å²) in [5, 5.41) is 23.9. The summed E-state index contributed by atoms with van der Waals surface area (Å²) in [4.78, 5) is 11.4. The minimum absolute atomic E-state index is 0.0176. The van der Waals surface area contributed by atoms with Gasteiger partial charge >= 0.3 is 0 Å². The third kappa shape index (κ3) is 4.92. The van der Waals surface area contributed by atoms with Crippen LogP contribution in [0.15, 0.2) is 29.3 Å². The normalized spacial score (nSPS) is 17.6. The Labute approximate surface area is 192 Å². The lowest BCUT2D eigenvalue weighted by Crippen LogP contribution is -2.32. The van der Waals surface area contributed by atoms with E-state index in [-0.39, 0.29) is 23.0 Å². The van der Waals surface area contributed by atoms with Crippen LogP contribution in [0.25, 0.3) is 0 Å². The van der Waals surface area contributed by atoms with Crippen LogP contribution in [0.2, 0.25) is 0 Å². The van der Waals surface area contributed by atoms with Gasteiger partial charge in [0.15, 0.2) is 6.19 Å². The molecule has 1 fully saturated rings. The number of fused-ring (bicyclic) bond motifs is 1. The monoisotopic (exact) mass is 445 g/mol. The number of anilines is 3. The molecular weight excluding hydrogens is 418 g/mol. The van der Waals surface area contributed by atoms with Gasteiger partial charge in [0.05, 0.1) is 12.3 Å². The highest BCUT2D eigenvalue weighted by atomic mass is 16.5. The van der Waals surface area contributed by atoms with Crippen LogP contribution in [0.5, 0.6) is 5.75 Å². The van der Waals surface area contributed by atoms with Gasteiger partial charge in [-0.3, -0.25) is 5.32 Å². The van der Waals surface area contributed by atoms with Crippen molar-refractivity contribution in [2.45, 2.75) is 31.7 Å². The summed E-state index contributed by atoms with van der Waals surface area (Å²) in [6.07, 6.45) is 6.69. The zero-order chi connectivity index (χ0) is 23.2. The molecule has 10 heteroatoms. The molecule has 1 aromatic heterocycles. The van der Waals surface area contributed by atoms with Crippen LogP contribution in [0.1, 0.15) is 48.4 Å². The topological polar surface area (TPSA) is 161 Å². The standard InChI is InChI=1S/C23H27N9O/c24-13-17-19(26)18-20(29-23(28-14-25)31-22(18)30-21(17)27)15-6-4-7-16(12-15)33-11-5-10-32-8-2-1-3-9-32/h4,6-7,12,20H,1-3,5,8-11H2,(H6,26,27,28,29,30,31). The summed E-state index contributed by atoms with van der Waals surface area (Å²) in [6, 6.07) is 9.00. The van der Waals surface area contributed by atoms with E-state index in [2.05, 4.69) is 25.5 Å². The SMILES string of the molecule is N#CNC1=NC(c2cccc(OCCCN3CCCCC3)c2)c2c(nc(N)c(C#N)c2N)N1. The van der Waals surface area contributed by atoms with Crippen molar-refractivity contribution in [1.82, 2.24) is 15.2 Å². The second-order valence-electron chi connectivity index (χ2n) is 8.08. The summed E-state index contributed by atoms with van der Waals surface area (Å²) in [7, 11) is 0. The Morgan fingerprint density at radius 2 is 2.03 bits per heavy atom. The zero-order valence-corrected chi connectivity index (χ0v) is 18.3. The molecule has 1 atom stereocenters. The summed E-state index contributed by atoms with van der Waals surface area (Å²) in [5.41, 5.74) is 13.9. The van der Waals surface area contributed by atoms with Gasteiger partial charge in [0, 0.05) is 12.1 Å². The van der Waals surface area contributed by atoms with Crippen molar-refractivity contribution in [3.05, 3.63) is 41.0 Å². The minimum atomic E-state index is -0.589. The molecule has 170 valence electrons. The molecule has 1 saturated heterocycles. The smallest absolute Gasteiger partial charge is 0.211 e.